The van der Waals surface area contributed by atoms with Gasteiger partial charge >= 0.3 is 0 Å². The fourth-order valence-electron chi connectivity index (χ4n) is 1.50. The Labute approximate surface area is 83.2 Å². The first-order valence-corrected chi connectivity index (χ1v) is 4.87. The third kappa shape index (κ3) is 1.66. The molecule has 0 aliphatic carbocycles. The molecular weight excluding hydrogens is 174 g/mol. The number of rotatable bonds is 3. The van der Waals surface area contributed by atoms with Crippen LogP contribution in [-0.2, 0) is 6.42 Å². The maximum absolute atomic E-state index is 4.08. The maximum Gasteiger partial charge on any atom is 0.0904 e. The van der Waals surface area contributed by atoms with Gasteiger partial charge in [0.25, 0.3) is 0 Å². The first-order valence-electron chi connectivity index (χ1n) is 4.87. The lowest BCUT2D eigenvalue weighted by Crippen LogP contribution is -1.87. The number of nitrogens with one attached hydrogen (secondary N) is 1. The van der Waals surface area contributed by atoms with E-state index in [9.17, 15) is 0 Å². The molecule has 1 aromatic carbocycles. The largest absolute Gasteiger partial charge is 0.257 e. The highest BCUT2D eigenvalue weighted by atomic mass is 15.3. The zero-order chi connectivity index (χ0) is 9.80. The number of hydrogen-bond acceptors (Lipinski definition) is 2. The van der Waals surface area contributed by atoms with Gasteiger partial charge in [-0.25, -0.2) is 0 Å². The molecule has 0 radical (unpaired) electrons. The van der Waals surface area contributed by atoms with Crippen LogP contribution in [0.25, 0.3) is 11.3 Å². The minimum absolute atomic E-state index is 0.973. The molecule has 1 aromatic heterocycles. The van der Waals surface area contributed by atoms with Crippen molar-refractivity contribution in [2.45, 2.75) is 19.8 Å². The highest BCUT2D eigenvalue weighted by Gasteiger charge is 2.07. The molecule has 14 heavy (non-hydrogen) atoms. The summed E-state index contributed by atoms with van der Waals surface area (Å²) >= 11 is 0. The molecule has 0 spiro atoms. The van der Waals surface area contributed by atoms with E-state index in [1.807, 2.05) is 18.2 Å². The fourth-order valence-corrected chi connectivity index (χ4v) is 1.50. The summed E-state index contributed by atoms with van der Waals surface area (Å²) < 4.78 is 0. The van der Waals surface area contributed by atoms with E-state index in [1.165, 1.54) is 0 Å². The van der Waals surface area contributed by atoms with E-state index in [0.717, 1.165) is 29.8 Å². The monoisotopic (exact) mass is 187 g/mol. The van der Waals surface area contributed by atoms with E-state index in [-0.39, 0.29) is 0 Å². The lowest BCUT2D eigenvalue weighted by molar-refractivity contribution is 0.853. The minimum atomic E-state index is 0.973. The number of H-pyrrole nitrogens is 1. The van der Waals surface area contributed by atoms with Crippen LogP contribution in [0.2, 0.25) is 0 Å². The number of aryl methyl sites for hydroxylation is 1. The second-order valence-electron chi connectivity index (χ2n) is 3.25. The number of aromatic amines is 1. The van der Waals surface area contributed by atoms with Gasteiger partial charge in [0, 0.05) is 5.56 Å². The molecule has 0 bridgehead atoms. The normalized spacial score (nSPS) is 10.4. The van der Waals surface area contributed by atoms with E-state index in [4.69, 9.17) is 0 Å². The van der Waals surface area contributed by atoms with Crippen molar-refractivity contribution in [2.24, 2.45) is 0 Å². The standard InChI is InChI=1S/C11H13N3/c1-2-6-10-11(13-14-12-10)9-7-4-3-5-8-9/h3-5,7-8H,2,6H2,1H3,(H,12,13,14). The summed E-state index contributed by atoms with van der Waals surface area (Å²) in [5.74, 6) is 0. The fraction of sp³-hybridized carbons (Fsp3) is 0.273. The van der Waals surface area contributed by atoms with Crippen LogP contribution >= 0.6 is 0 Å². The first-order chi connectivity index (χ1) is 6.92. The van der Waals surface area contributed by atoms with Gasteiger partial charge in [0.05, 0.1) is 11.4 Å². The highest BCUT2D eigenvalue weighted by Crippen LogP contribution is 2.19. The van der Waals surface area contributed by atoms with Crippen molar-refractivity contribution in [1.82, 2.24) is 15.4 Å². The summed E-state index contributed by atoms with van der Waals surface area (Å²) in [7, 11) is 0. The van der Waals surface area contributed by atoms with Crippen LogP contribution in [0.4, 0.5) is 0 Å². The lowest BCUT2D eigenvalue weighted by atomic mass is 10.1. The van der Waals surface area contributed by atoms with Gasteiger partial charge in [0.1, 0.15) is 0 Å². The Morgan fingerprint density at radius 3 is 2.71 bits per heavy atom. The van der Waals surface area contributed by atoms with E-state index >= 15 is 0 Å². The van der Waals surface area contributed by atoms with Gasteiger partial charge in [-0.05, 0) is 6.42 Å². The SMILES string of the molecule is CCCc1nn[nH]c1-c1ccccc1. The van der Waals surface area contributed by atoms with Gasteiger partial charge < -0.3 is 0 Å². The molecule has 0 aliphatic rings. The molecule has 72 valence electrons. The van der Waals surface area contributed by atoms with E-state index in [0.29, 0.717) is 0 Å². The van der Waals surface area contributed by atoms with Crippen LogP contribution in [0.3, 0.4) is 0 Å². The quantitative estimate of drug-likeness (QED) is 0.801. The zero-order valence-electron chi connectivity index (χ0n) is 8.20. The molecule has 2 aromatic rings. The summed E-state index contributed by atoms with van der Waals surface area (Å²) in [5, 5.41) is 10.9. The van der Waals surface area contributed by atoms with Gasteiger partial charge in [-0.2, -0.15) is 0 Å². The van der Waals surface area contributed by atoms with Gasteiger partial charge in [-0.1, -0.05) is 48.9 Å². The van der Waals surface area contributed by atoms with Crippen LogP contribution in [-0.4, -0.2) is 15.4 Å². The van der Waals surface area contributed by atoms with E-state index in [2.05, 4.69) is 34.5 Å². The van der Waals surface area contributed by atoms with E-state index in [1.54, 1.807) is 0 Å². The highest BCUT2D eigenvalue weighted by molar-refractivity contribution is 5.60. The summed E-state index contributed by atoms with van der Waals surface area (Å²) in [6.45, 7) is 2.14. The maximum atomic E-state index is 4.08. The van der Waals surface area contributed by atoms with Crippen LogP contribution in [0.15, 0.2) is 30.3 Å². The Bertz CT molecular complexity index is 392. The van der Waals surface area contributed by atoms with Crippen LogP contribution in [0.5, 0.6) is 0 Å². The van der Waals surface area contributed by atoms with Crippen molar-refractivity contribution in [2.75, 3.05) is 0 Å². The van der Waals surface area contributed by atoms with Crippen molar-refractivity contribution < 1.29 is 0 Å². The molecule has 0 saturated heterocycles. The number of aromatic nitrogens is 3. The minimum Gasteiger partial charge on any atom is -0.257 e. The Morgan fingerprint density at radius 2 is 2.00 bits per heavy atom. The molecule has 3 heteroatoms. The summed E-state index contributed by atoms with van der Waals surface area (Å²) in [5.41, 5.74) is 3.26. The zero-order valence-corrected chi connectivity index (χ0v) is 8.20. The van der Waals surface area contributed by atoms with Gasteiger partial charge in [-0.3, -0.25) is 5.10 Å². The summed E-state index contributed by atoms with van der Waals surface area (Å²) in [4.78, 5) is 0. The van der Waals surface area contributed by atoms with Crippen LogP contribution in [0.1, 0.15) is 19.0 Å². The summed E-state index contributed by atoms with van der Waals surface area (Å²) in [6, 6.07) is 10.2. The molecule has 0 unspecified atom stereocenters. The molecular formula is C11H13N3. The predicted octanol–water partition coefficient (Wildman–Crippen LogP) is 2.42. The average molecular weight is 187 g/mol. The van der Waals surface area contributed by atoms with E-state index < -0.39 is 0 Å². The molecule has 0 fully saturated rings. The molecule has 2 rings (SSSR count). The molecule has 0 aliphatic heterocycles. The number of hydrogen-bond donors (Lipinski definition) is 1. The number of benzene rings is 1. The molecule has 1 N–H and O–H groups in total. The molecule has 0 amide bonds. The molecule has 3 nitrogen and oxygen atoms in total. The number of nitrogens with zero attached hydrogens (tertiary/aromatic N) is 2. The Balaban J connectivity index is 2.37. The Morgan fingerprint density at radius 1 is 1.21 bits per heavy atom. The van der Waals surface area contributed by atoms with Crippen molar-refractivity contribution in [3.8, 4) is 11.3 Å². The second-order valence-corrected chi connectivity index (χ2v) is 3.25. The van der Waals surface area contributed by atoms with Crippen molar-refractivity contribution in [1.29, 1.82) is 0 Å². The van der Waals surface area contributed by atoms with Crippen LogP contribution < -0.4 is 0 Å². The smallest absolute Gasteiger partial charge is 0.0904 e. The first kappa shape index (κ1) is 8.94. The molecule has 0 saturated carbocycles. The predicted molar refractivity (Wildman–Crippen MR) is 55.8 cm³/mol. The second kappa shape index (κ2) is 4.05. The third-order valence-electron chi connectivity index (χ3n) is 2.17. The lowest BCUT2D eigenvalue weighted by Gasteiger charge is -1.99. The van der Waals surface area contributed by atoms with Crippen LogP contribution in [0, 0.1) is 0 Å². The van der Waals surface area contributed by atoms with Crippen molar-refractivity contribution in [3.63, 3.8) is 0 Å². The molecule has 1 heterocycles. The third-order valence-corrected chi connectivity index (χ3v) is 2.17. The summed E-state index contributed by atoms with van der Waals surface area (Å²) in [6.07, 6.45) is 2.06. The molecule has 0 atom stereocenters. The van der Waals surface area contributed by atoms with Gasteiger partial charge in [-0.15, -0.1) is 5.10 Å². The topological polar surface area (TPSA) is 41.6 Å². The van der Waals surface area contributed by atoms with Gasteiger partial charge in [0.15, 0.2) is 0 Å². The Kier molecular flexibility index (Phi) is 2.58. The Hall–Kier alpha value is -1.64. The van der Waals surface area contributed by atoms with Crippen molar-refractivity contribution in [3.05, 3.63) is 36.0 Å². The average Bonchev–Trinajstić information content (AvgIpc) is 2.68. The van der Waals surface area contributed by atoms with Gasteiger partial charge in [0.2, 0.25) is 0 Å². The van der Waals surface area contributed by atoms with Crippen molar-refractivity contribution >= 4 is 0 Å².